The van der Waals surface area contributed by atoms with E-state index < -0.39 is 5.97 Å². The van der Waals surface area contributed by atoms with Crippen LogP contribution in [0.1, 0.15) is 10.6 Å². The molecule has 0 atom stereocenters. The second-order valence-electron chi connectivity index (χ2n) is 3.94. The van der Waals surface area contributed by atoms with Crippen molar-refractivity contribution in [3.63, 3.8) is 0 Å². The molecule has 0 saturated carbocycles. The number of carboxylic acid groups (broad SMARTS) is 1. The normalized spacial score (nSPS) is 10.3. The van der Waals surface area contributed by atoms with Gasteiger partial charge in [0.05, 0.1) is 19.9 Å². The molecule has 1 aromatic carbocycles. The zero-order chi connectivity index (χ0) is 14.0. The van der Waals surface area contributed by atoms with Gasteiger partial charge in [0.25, 0.3) is 0 Å². The number of carbonyl (C=O) groups is 1. The number of hydrogen-bond acceptors (Lipinski definition) is 4. The van der Waals surface area contributed by atoms with Crippen LogP contribution in [0.2, 0.25) is 0 Å². The Balaban J connectivity index is 2.47. The van der Waals surface area contributed by atoms with Gasteiger partial charge in [-0.05, 0) is 18.2 Å². The zero-order valence-corrected chi connectivity index (χ0v) is 10.9. The molecule has 0 bridgehead atoms. The van der Waals surface area contributed by atoms with Gasteiger partial charge in [0, 0.05) is 18.8 Å². The van der Waals surface area contributed by atoms with Crippen LogP contribution in [0.25, 0.3) is 11.3 Å². The molecule has 2 rings (SSSR count). The highest BCUT2D eigenvalue weighted by Crippen LogP contribution is 2.31. The Kier molecular flexibility index (Phi) is 3.41. The number of nitrogens with zero attached hydrogens (tertiary/aromatic N) is 2. The van der Waals surface area contributed by atoms with Crippen LogP contribution >= 0.6 is 0 Å². The van der Waals surface area contributed by atoms with E-state index in [-0.39, 0.29) is 5.82 Å². The number of imidazole rings is 1. The standard InChI is InChI=1S/C13H14N2O4/c1-15-7-9(14-12(15)13(16)17)8-4-5-10(18-2)11(6-8)19-3/h4-7H,1-3H3,(H,16,17). The predicted molar refractivity (Wildman–Crippen MR) is 68.7 cm³/mol. The maximum absolute atomic E-state index is 11.0. The average molecular weight is 262 g/mol. The number of rotatable bonds is 4. The SMILES string of the molecule is COc1ccc(-c2cn(C)c(C(=O)O)n2)cc1OC. The van der Waals surface area contributed by atoms with Gasteiger partial charge in [-0.2, -0.15) is 0 Å². The summed E-state index contributed by atoms with van der Waals surface area (Å²) in [5.74, 6) is 0.113. The maximum atomic E-state index is 11.0. The van der Waals surface area contributed by atoms with E-state index in [2.05, 4.69) is 4.98 Å². The Labute approximate surface area is 110 Å². The molecule has 6 heteroatoms. The third-order valence-corrected chi connectivity index (χ3v) is 2.75. The van der Waals surface area contributed by atoms with Crippen LogP contribution in [0.15, 0.2) is 24.4 Å². The van der Waals surface area contributed by atoms with Crippen LogP contribution in [0, 0.1) is 0 Å². The molecular weight excluding hydrogens is 248 g/mol. The second kappa shape index (κ2) is 5.01. The fourth-order valence-corrected chi connectivity index (χ4v) is 1.80. The third-order valence-electron chi connectivity index (χ3n) is 2.75. The predicted octanol–water partition coefficient (Wildman–Crippen LogP) is 1.80. The molecule has 0 aliphatic carbocycles. The van der Waals surface area contributed by atoms with Gasteiger partial charge in [-0.3, -0.25) is 0 Å². The first kappa shape index (κ1) is 12.9. The molecule has 6 nitrogen and oxygen atoms in total. The number of carboxylic acids is 1. The van der Waals surface area contributed by atoms with Crippen molar-refractivity contribution in [3.05, 3.63) is 30.2 Å². The van der Waals surface area contributed by atoms with Crippen molar-refractivity contribution >= 4 is 5.97 Å². The largest absolute Gasteiger partial charge is 0.493 e. The van der Waals surface area contributed by atoms with Gasteiger partial charge in [-0.25, -0.2) is 9.78 Å². The van der Waals surface area contributed by atoms with Gasteiger partial charge >= 0.3 is 5.97 Å². The summed E-state index contributed by atoms with van der Waals surface area (Å²) >= 11 is 0. The quantitative estimate of drug-likeness (QED) is 0.909. The minimum Gasteiger partial charge on any atom is -0.493 e. The molecule has 0 radical (unpaired) electrons. The first-order valence-corrected chi connectivity index (χ1v) is 5.56. The first-order valence-electron chi connectivity index (χ1n) is 5.56. The van der Waals surface area contributed by atoms with Gasteiger partial charge in [0.2, 0.25) is 5.82 Å². The van der Waals surface area contributed by atoms with Gasteiger partial charge < -0.3 is 19.1 Å². The lowest BCUT2D eigenvalue weighted by atomic mass is 10.1. The van der Waals surface area contributed by atoms with Gasteiger partial charge in [-0.1, -0.05) is 0 Å². The van der Waals surface area contributed by atoms with E-state index in [1.807, 2.05) is 0 Å². The fraction of sp³-hybridized carbons (Fsp3) is 0.231. The molecule has 0 unspecified atom stereocenters. The van der Waals surface area contributed by atoms with E-state index >= 15 is 0 Å². The van der Waals surface area contributed by atoms with E-state index in [9.17, 15) is 4.79 Å². The molecule has 0 aliphatic rings. The van der Waals surface area contributed by atoms with Gasteiger partial charge in [-0.15, -0.1) is 0 Å². The topological polar surface area (TPSA) is 73.6 Å². The van der Waals surface area contributed by atoms with Crippen LogP contribution in [-0.4, -0.2) is 34.8 Å². The number of aromatic carboxylic acids is 1. The van der Waals surface area contributed by atoms with Crippen LogP contribution in [-0.2, 0) is 7.05 Å². The van der Waals surface area contributed by atoms with E-state index in [0.717, 1.165) is 5.56 Å². The lowest BCUT2D eigenvalue weighted by Crippen LogP contribution is -2.04. The Morgan fingerprint density at radius 3 is 2.47 bits per heavy atom. The van der Waals surface area contributed by atoms with Crippen molar-refractivity contribution < 1.29 is 19.4 Å². The molecule has 2 aromatic rings. The molecule has 100 valence electrons. The highest BCUT2D eigenvalue weighted by Gasteiger charge is 2.14. The summed E-state index contributed by atoms with van der Waals surface area (Å²) < 4.78 is 11.8. The highest BCUT2D eigenvalue weighted by atomic mass is 16.5. The summed E-state index contributed by atoms with van der Waals surface area (Å²) in [4.78, 5) is 15.0. The zero-order valence-electron chi connectivity index (χ0n) is 10.9. The Hall–Kier alpha value is -2.50. The molecular formula is C13H14N2O4. The summed E-state index contributed by atoms with van der Waals surface area (Å²) in [6, 6.07) is 5.31. The average Bonchev–Trinajstić information content (AvgIpc) is 2.80. The van der Waals surface area contributed by atoms with Crippen molar-refractivity contribution in [2.45, 2.75) is 0 Å². The summed E-state index contributed by atoms with van der Waals surface area (Å²) in [6.07, 6.45) is 1.66. The van der Waals surface area contributed by atoms with E-state index in [1.54, 1.807) is 45.7 Å². The summed E-state index contributed by atoms with van der Waals surface area (Å²) in [5, 5.41) is 8.98. The summed E-state index contributed by atoms with van der Waals surface area (Å²) in [7, 11) is 4.74. The minimum absolute atomic E-state index is 0.00946. The number of aryl methyl sites for hydroxylation is 1. The number of benzene rings is 1. The van der Waals surface area contributed by atoms with Gasteiger partial charge in [0.15, 0.2) is 11.5 Å². The van der Waals surface area contributed by atoms with Crippen molar-refractivity contribution in [2.24, 2.45) is 7.05 Å². The van der Waals surface area contributed by atoms with Crippen LogP contribution in [0.5, 0.6) is 11.5 Å². The number of hydrogen-bond donors (Lipinski definition) is 1. The lowest BCUT2D eigenvalue weighted by molar-refractivity contribution is 0.0680. The monoisotopic (exact) mass is 262 g/mol. The van der Waals surface area contributed by atoms with Crippen LogP contribution < -0.4 is 9.47 Å². The molecule has 19 heavy (non-hydrogen) atoms. The van der Waals surface area contributed by atoms with Crippen molar-refractivity contribution in [2.75, 3.05) is 14.2 Å². The van der Waals surface area contributed by atoms with Crippen LogP contribution in [0.3, 0.4) is 0 Å². The molecule has 0 fully saturated rings. The summed E-state index contributed by atoms with van der Waals surface area (Å²) in [5.41, 5.74) is 1.33. The summed E-state index contributed by atoms with van der Waals surface area (Å²) in [6.45, 7) is 0. The van der Waals surface area contributed by atoms with Gasteiger partial charge in [0.1, 0.15) is 0 Å². The number of aromatic nitrogens is 2. The molecule has 0 amide bonds. The second-order valence-corrected chi connectivity index (χ2v) is 3.94. The van der Waals surface area contributed by atoms with Crippen LogP contribution in [0.4, 0.5) is 0 Å². The molecule has 1 N–H and O–H groups in total. The van der Waals surface area contributed by atoms with E-state index in [0.29, 0.717) is 17.2 Å². The molecule has 1 heterocycles. The smallest absolute Gasteiger partial charge is 0.372 e. The van der Waals surface area contributed by atoms with Crippen molar-refractivity contribution in [3.8, 4) is 22.8 Å². The number of ether oxygens (including phenoxy) is 2. The Bertz CT molecular complexity index is 619. The van der Waals surface area contributed by atoms with E-state index in [1.165, 1.54) is 4.57 Å². The third kappa shape index (κ3) is 2.37. The molecule has 0 aliphatic heterocycles. The van der Waals surface area contributed by atoms with Crippen molar-refractivity contribution in [1.29, 1.82) is 0 Å². The number of methoxy groups -OCH3 is 2. The minimum atomic E-state index is -1.06. The highest BCUT2D eigenvalue weighted by molar-refractivity contribution is 5.84. The molecule has 0 saturated heterocycles. The van der Waals surface area contributed by atoms with E-state index in [4.69, 9.17) is 14.6 Å². The first-order chi connectivity index (χ1) is 9.06. The molecule has 1 aromatic heterocycles. The Morgan fingerprint density at radius 2 is 1.95 bits per heavy atom. The molecule has 0 spiro atoms. The Morgan fingerprint density at radius 1 is 1.26 bits per heavy atom. The maximum Gasteiger partial charge on any atom is 0.372 e. The lowest BCUT2D eigenvalue weighted by Gasteiger charge is -2.08. The fourth-order valence-electron chi connectivity index (χ4n) is 1.80. The van der Waals surface area contributed by atoms with Crippen molar-refractivity contribution in [1.82, 2.24) is 9.55 Å².